The second-order valence-corrected chi connectivity index (χ2v) is 6.07. The van der Waals surface area contributed by atoms with E-state index in [9.17, 15) is 14.4 Å². The quantitative estimate of drug-likeness (QED) is 0.867. The molecule has 0 saturated carbocycles. The second-order valence-electron chi connectivity index (χ2n) is 6.07. The summed E-state index contributed by atoms with van der Waals surface area (Å²) in [6.07, 6.45) is 0.284. The van der Waals surface area contributed by atoms with E-state index in [2.05, 4.69) is 10.6 Å². The monoisotopic (exact) mass is 346 g/mol. The summed E-state index contributed by atoms with van der Waals surface area (Å²) in [4.78, 5) is 39.1. The van der Waals surface area contributed by atoms with Crippen LogP contribution in [-0.2, 0) is 9.53 Å². The molecule has 3 rings (SSSR count). The smallest absolute Gasteiger partial charge is 0.414 e. The Labute approximate surface area is 146 Å². The Balaban J connectivity index is 1.60. The largest absolute Gasteiger partial charge is 0.447 e. The van der Waals surface area contributed by atoms with Crippen LogP contribution in [0.3, 0.4) is 0 Å². The van der Waals surface area contributed by atoms with Gasteiger partial charge in [0, 0.05) is 31.0 Å². The lowest BCUT2D eigenvalue weighted by Gasteiger charge is -2.18. The van der Waals surface area contributed by atoms with Gasteiger partial charge in [0.15, 0.2) is 0 Å². The number of anilines is 2. The predicted octanol–water partition coefficient (Wildman–Crippen LogP) is 1.63. The number of likely N-dealkylation sites (tertiary alicyclic amines) is 1. The fourth-order valence-corrected chi connectivity index (χ4v) is 3.06. The maximum Gasteiger partial charge on any atom is 0.414 e. The number of nitrogens with zero attached hydrogens (tertiary/aromatic N) is 2. The number of urea groups is 1. The Morgan fingerprint density at radius 3 is 2.88 bits per heavy atom. The molecule has 2 aliphatic rings. The van der Waals surface area contributed by atoms with E-state index in [1.807, 2.05) is 6.92 Å². The van der Waals surface area contributed by atoms with E-state index < -0.39 is 0 Å². The molecule has 1 atom stereocenters. The summed E-state index contributed by atoms with van der Waals surface area (Å²) >= 11 is 0. The highest BCUT2D eigenvalue weighted by Crippen LogP contribution is 2.23. The van der Waals surface area contributed by atoms with Gasteiger partial charge >= 0.3 is 12.1 Å². The van der Waals surface area contributed by atoms with Crippen LogP contribution in [0.4, 0.5) is 21.0 Å². The molecule has 2 heterocycles. The molecule has 0 radical (unpaired) electrons. The molecule has 2 aliphatic heterocycles. The maximum atomic E-state index is 12.4. The number of nitrogens with one attached hydrogen (secondary N) is 2. The number of amides is 4. The second kappa shape index (κ2) is 7.42. The molecule has 2 N–H and O–H groups in total. The summed E-state index contributed by atoms with van der Waals surface area (Å²) in [7, 11) is 0. The molecule has 0 spiro atoms. The van der Waals surface area contributed by atoms with Gasteiger partial charge in [0.1, 0.15) is 6.61 Å². The fraction of sp³-hybridized carbons (Fsp3) is 0.471. The van der Waals surface area contributed by atoms with Crippen molar-refractivity contribution >= 4 is 29.4 Å². The minimum absolute atomic E-state index is 0.00709. The molecule has 0 unspecified atom stereocenters. The van der Waals surface area contributed by atoms with Gasteiger partial charge in [-0.3, -0.25) is 9.69 Å². The van der Waals surface area contributed by atoms with Gasteiger partial charge in [-0.25, -0.2) is 9.59 Å². The van der Waals surface area contributed by atoms with Crippen molar-refractivity contribution in [3.63, 3.8) is 0 Å². The van der Waals surface area contributed by atoms with Crippen LogP contribution in [0.1, 0.15) is 13.3 Å². The summed E-state index contributed by atoms with van der Waals surface area (Å²) < 4.78 is 4.93. The van der Waals surface area contributed by atoms with Crippen LogP contribution >= 0.6 is 0 Å². The van der Waals surface area contributed by atoms with Crippen molar-refractivity contribution < 1.29 is 19.1 Å². The third-order valence-electron chi connectivity index (χ3n) is 4.37. The van der Waals surface area contributed by atoms with Crippen LogP contribution in [0.15, 0.2) is 24.3 Å². The standard InChI is InChI=1S/C17H22N4O4/c1-2-18-15(22)12-6-7-20(11-12)16(23)19-13-4-3-5-14(10-13)21-8-9-25-17(21)24/h3-5,10,12H,2,6-9,11H2,1H3,(H,18,22)(H,19,23)/t12-/m1/s1. The molecule has 1 aromatic carbocycles. The van der Waals surface area contributed by atoms with E-state index in [1.54, 1.807) is 29.2 Å². The summed E-state index contributed by atoms with van der Waals surface area (Å²) in [5, 5.41) is 5.62. The van der Waals surface area contributed by atoms with Gasteiger partial charge < -0.3 is 20.3 Å². The highest BCUT2D eigenvalue weighted by Gasteiger charge is 2.31. The Morgan fingerprint density at radius 2 is 2.16 bits per heavy atom. The molecular formula is C17H22N4O4. The third kappa shape index (κ3) is 3.84. The molecule has 8 heteroatoms. The van der Waals surface area contributed by atoms with Gasteiger partial charge in [0.2, 0.25) is 5.91 Å². The SMILES string of the molecule is CCNC(=O)[C@@H]1CCN(C(=O)Nc2cccc(N3CCOC3=O)c2)C1. The highest BCUT2D eigenvalue weighted by atomic mass is 16.6. The Kier molecular flexibility index (Phi) is 5.06. The zero-order chi connectivity index (χ0) is 17.8. The van der Waals surface area contributed by atoms with Gasteiger partial charge in [-0.05, 0) is 31.5 Å². The van der Waals surface area contributed by atoms with E-state index in [0.717, 1.165) is 0 Å². The minimum atomic E-state index is -0.382. The summed E-state index contributed by atoms with van der Waals surface area (Å²) in [6, 6.07) is 6.83. The molecule has 2 fully saturated rings. The van der Waals surface area contributed by atoms with E-state index in [-0.39, 0.29) is 23.9 Å². The van der Waals surface area contributed by atoms with Gasteiger partial charge in [0.05, 0.1) is 12.5 Å². The molecule has 1 aromatic rings. The molecule has 0 aliphatic carbocycles. The molecule has 8 nitrogen and oxygen atoms in total. The summed E-state index contributed by atoms with van der Waals surface area (Å²) in [5.74, 6) is -0.163. The molecule has 25 heavy (non-hydrogen) atoms. The topological polar surface area (TPSA) is 91.0 Å². The summed E-state index contributed by atoms with van der Waals surface area (Å²) in [5.41, 5.74) is 1.28. The number of rotatable bonds is 4. The van der Waals surface area contributed by atoms with Crippen molar-refractivity contribution in [1.82, 2.24) is 10.2 Å². The van der Waals surface area contributed by atoms with Crippen molar-refractivity contribution in [2.24, 2.45) is 5.92 Å². The molecule has 0 bridgehead atoms. The van der Waals surface area contributed by atoms with E-state index in [1.165, 1.54) is 4.90 Å². The molecule has 2 saturated heterocycles. The molecule has 134 valence electrons. The Morgan fingerprint density at radius 1 is 1.32 bits per heavy atom. The lowest BCUT2D eigenvalue weighted by Crippen LogP contribution is -2.36. The molecule has 4 amide bonds. The number of carbonyl (C=O) groups is 3. The number of cyclic esters (lactones) is 1. The number of carbonyl (C=O) groups excluding carboxylic acids is 3. The van der Waals surface area contributed by atoms with Crippen LogP contribution in [0.2, 0.25) is 0 Å². The Bertz CT molecular complexity index is 678. The third-order valence-corrected chi connectivity index (χ3v) is 4.37. The van der Waals surface area contributed by atoms with Crippen LogP contribution in [0.5, 0.6) is 0 Å². The fourth-order valence-electron chi connectivity index (χ4n) is 3.06. The van der Waals surface area contributed by atoms with Gasteiger partial charge in [0.25, 0.3) is 0 Å². The number of ether oxygens (including phenoxy) is 1. The normalized spacial score (nSPS) is 19.7. The van der Waals surface area contributed by atoms with Gasteiger partial charge in [-0.15, -0.1) is 0 Å². The first-order valence-electron chi connectivity index (χ1n) is 8.46. The van der Waals surface area contributed by atoms with Gasteiger partial charge in [-0.1, -0.05) is 6.07 Å². The van der Waals surface area contributed by atoms with Crippen molar-refractivity contribution in [2.45, 2.75) is 13.3 Å². The highest BCUT2D eigenvalue weighted by molar-refractivity contribution is 5.93. The van der Waals surface area contributed by atoms with Gasteiger partial charge in [-0.2, -0.15) is 0 Å². The first kappa shape index (κ1) is 17.1. The molecular weight excluding hydrogens is 324 g/mol. The zero-order valence-corrected chi connectivity index (χ0v) is 14.2. The van der Waals surface area contributed by atoms with Crippen LogP contribution < -0.4 is 15.5 Å². The van der Waals surface area contributed by atoms with Crippen molar-refractivity contribution in [1.29, 1.82) is 0 Å². The van der Waals surface area contributed by atoms with E-state index in [4.69, 9.17) is 4.74 Å². The van der Waals surface area contributed by atoms with Crippen molar-refractivity contribution in [3.8, 4) is 0 Å². The van der Waals surface area contributed by atoms with Crippen LogP contribution in [0, 0.1) is 5.92 Å². The number of hydrogen-bond donors (Lipinski definition) is 2. The minimum Gasteiger partial charge on any atom is -0.447 e. The number of hydrogen-bond acceptors (Lipinski definition) is 4. The molecule has 0 aromatic heterocycles. The first-order valence-corrected chi connectivity index (χ1v) is 8.46. The average molecular weight is 346 g/mol. The average Bonchev–Trinajstić information content (AvgIpc) is 3.24. The lowest BCUT2D eigenvalue weighted by atomic mass is 10.1. The number of benzene rings is 1. The maximum absolute atomic E-state index is 12.4. The first-order chi connectivity index (χ1) is 12.1. The van der Waals surface area contributed by atoms with Crippen molar-refractivity contribution in [2.75, 3.05) is 43.0 Å². The van der Waals surface area contributed by atoms with Crippen LogP contribution in [-0.4, -0.2) is 55.7 Å². The lowest BCUT2D eigenvalue weighted by molar-refractivity contribution is -0.124. The predicted molar refractivity (Wildman–Crippen MR) is 92.5 cm³/mol. The van der Waals surface area contributed by atoms with Crippen molar-refractivity contribution in [3.05, 3.63) is 24.3 Å². The van der Waals surface area contributed by atoms with E-state index >= 15 is 0 Å². The van der Waals surface area contributed by atoms with E-state index in [0.29, 0.717) is 50.6 Å². The van der Waals surface area contributed by atoms with Crippen LogP contribution in [0.25, 0.3) is 0 Å². The summed E-state index contributed by atoms with van der Waals surface area (Å²) in [6.45, 7) is 4.29. The zero-order valence-electron chi connectivity index (χ0n) is 14.2. The Hall–Kier alpha value is -2.77.